The van der Waals surface area contributed by atoms with E-state index in [1.165, 1.54) is 19.3 Å². The van der Waals surface area contributed by atoms with Crippen LogP contribution in [0.3, 0.4) is 0 Å². The van der Waals surface area contributed by atoms with E-state index >= 15 is 0 Å². The lowest BCUT2D eigenvalue weighted by Gasteiger charge is -2.33. The van der Waals surface area contributed by atoms with Crippen molar-refractivity contribution in [3.63, 3.8) is 0 Å². The van der Waals surface area contributed by atoms with Gasteiger partial charge in [0.2, 0.25) is 0 Å². The van der Waals surface area contributed by atoms with Crippen LogP contribution < -0.4 is 10.2 Å². The van der Waals surface area contributed by atoms with Crippen LogP contribution in [0.25, 0.3) is 0 Å². The second-order valence-corrected chi connectivity index (χ2v) is 6.62. The van der Waals surface area contributed by atoms with E-state index in [9.17, 15) is 0 Å². The van der Waals surface area contributed by atoms with Crippen LogP contribution >= 0.6 is 0 Å². The molecule has 0 saturated carbocycles. The zero-order valence-corrected chi connectivity index (χ0v) is 12.7. The van der Waals surface area contributed by atoms with Crippen LogP contribution in [0.2, 0.25) is 0 Å². The molecule has 3 heteroatoms. The minimum Gasteiger partial charge on any atom is -0.365 e. The van der Waals surface area contributed by atoms with E-state index in [2.05, 4.69) is 56.1 Å². The summed E-state index contributed by atoms with van der Waals surface area (Å²) in [5.41, 5.74) is 0.0550. The molecule has 1 aliphatic rings. The van der Waals surface area contributed by atoms with Gasteiger partial charge in [0.15, 0.2) is 0 Å². The van der Waals surface area contributed by atoms with Crippen molar-refractivity contribution in [2.45, 2.75) is 52.5 Å². The summed E-state index contributed by atoms with van der Waals surface area (Å²) in [4.78, 5) is 7.20. The van der Waals surface area contributed by atoms with Gasteiger partial charge in [-0.2, -0.15) is 0 Å². The molecule has 1 saturated heterocycles. The zero-order valence-electron chi connectivity index (χ0n) is 12.7. The molecule has 1 unspecified atom stereocenters. The Bertz CT molecular complexity index is 409. The molecule has 1 aliphatic heterocycles. The molecular formula is C16H27N3. The summed E-state index contributed by atoms with van der Waals surface area (Å²) in [7, 11) is 0. The fourth-order valence-electron chi connectivity index (χ4n) is 2.66. The molecule has 106 valence electrons. The lowest BCUT2D eigenvalue weighted by molar-refractivity contribution is 0.403. The molecule has 2 heterocycles. The van der Waals surface area contributed by atoms with E-state index in [1.54, 1.807) is 0 Å². The molecule has 0 aromatic carbocycles. The number of hydrogen-bond donors (Lipinski definition) is 1. The molecule has 1 aromatic rings. The molecular weight excluding hydrogens is 234 g/mol. The summed E-state index contributed by atoms with van der Waals surface area (Å²) in [6, 6.07) is 6.29. The zero-order chi connectivity index (χ0) is 13.9. The Morgan fingerprint density at radius 3 is 2.84 bits per heavy atom. The molecule has 1 fully saturated rings. The maximum absolute atomic E-state index is 4.77. The smallest absolute Gasteiger partial charge is 0.130 e. The quantitative estimate of drug-likeness (QED) is 0.894. The van der Waals surface area contributed by atoms with Crippen molar-refractivity contribution in [1.29, 1.82) is 0 Å². The van der Waals surface area contributed by atoms with Gasteiger partial charge in [-0.05, 0) is 51.7 Å². The first kappa shape index (κ1) is 14.2. The highest BCUT2D eigenvalue weighted by atomic mass is 15.2. The van der Waals surface area contributed by atoms with Crippen molar-refractivity contribution in [2.24, 2.45) is 5.92 Å². The van der Waals surface area contributed by atoms with Crippen molar-refractivity contribution in [2.75, 3.05) is 23.3 Å². The predicted molar refractivity (Wildman–Crippen MR) is 82.8 cm³/mol. The number of aromatic nitrogens is 1. The first-order valence-corrected chi connectivity index (χ1v) is 7.48. The first-order valence-electron chi connectivity index (χ1n) is 7.48. The molecule has 1 N–H and O–H groups in total. The van der Waals surface area contributed by atoms with Gasteiger partial charge in [-0.25, -0.2) is 4.98 Å². The highest BCUT2D eigenvalue weighted by Gasteiger charge is 2.20. The fourth-order valence-corrected chi connectivity index (χ4v) is 2.66. The molecule has 19 heavy (non-hydrogen) atoms. The summed E-state index contributed by atoms with van der Waals surface area (Å²) in [5, 5.41) is 3.45. The third-order valence-electron chi connectivity index (χ3n) is 3.66. The topological polar surface area (TPSA) is 28.2 Å². The van der Waals surface area contributed by atoms with Crippen LogP contribution in [0.1, 0.15) is 47.0 Å². The van der Waals surface area contributed by atoms with Gasteiger partial charge < -0.3 is 10.2 Å². The molecule has 0 bridgehead atoms. The van der Waals surface area contributed by atoms with Crippen molar-refractivity contribution in [3.8, 4) is 0 Å². The summed E-state index contributed by atoms with van der Waals surface area (Å²) in [6.45, 7) is 11.1. The molecule has 0 aliphatic carbocycles. The van der Waals surface area contributed by atoms with Crippen LogP contribution in [-0.4, -0.2) is 23.6 Å². The van der Waals surface area contributed by atoms with Gasteiger partial charge in [0.05, 0.1) is 0 Å². The second kappa shape index (κ2) is 5.81. The highest BCUT2D eigenvalue weighted by molar-refractivity contribution is 5.48. The number of pyridine rings is 1. The van der Waals surface area contributed by atoms with E-state index in [1.807, 2.05) is 0 Å². The summed E-state index contributed by atoms with van der Waals surface area (Å²) in [6.07, 6.45) is 3.93. The summed E-state index contributed by atoms with van der Waals surface area (Å²) >= 11 is 0. The van der Waals surface area contributed by atoms with Crippen molar-refractivity contribution in [1.82, 2.24) is 4.98 Å². The molecule has 2 rings (SSSR count). The second-order valence-electron chi connectivity index (χ2n) is 6.62. The number of piperidine rings is 1. The first-order chi connectivity index (χ1) is 8.98. The Hall–Kier alpha value is -1.25. The van der Waals surface area contributed by atoms with E-state index in [0.717, 1.165) is 30.6 Å². The van der Waals surface area contributed by atoms with Crippen molar-refractivity contribution in [3.05, 3.63) is 18.2 Å². The SMILES string of the molecule is CCC1CCCN(c2cccc(NC(C)(C)C)n2)C1. The monoisotopic (exact) mass is 261 g/mol. The third-order valence-corrected chi connectivity index (χ3v) is 3.66. The Kier molecular flexibility index (Phi) is 4.33. The van der Waals surface area contributed by atoms with Crippen LogP contribution in [0, 0.1) is 5.92 Å². The molecule has 0 spiro atoms. The van der Waals surface area contributed by atoms with Crippen LogP contribution in [0.15, 0.2) is 18.2 Å². The van der Waals surface area contributed by atoms with Gasteiger partial charge >= 0.3 is 0 Å². The van der Waals surface area contributed by atoms with E-state index in [-0.39, 0.29) is 5.54 Å². The standard InChI is InChI=1S/C16H27N3/c1-5-13-8-7-11-19(12-13)15-10-6-9-14(17-15)18-16(2,3)4/h6,9-10,13H,5,7-8,11-12H2,1-4H3,(H,17,18). The van der Waals surface area contributed by atoms with Crippen molar-refractivity contribution >= 4 is 11.6 Å². The number of nitrogens with one attached hydrogen (secondary N) is 1. The summed E-state index contributed by atoms with van der Waals surface area (Å²) in [5.74, 6) is 2.92. The Morgan fingerprint density at radius 1 is 1.37 bits per heavy atom. The van der Waals surface area contributed by atoms with Gasteiger partial charge in [0.25, 0.3) is 0 Å². The molecule has 0 amide bonds. The van der Waals surface area contributed by atoms with E-state index in [0.29, 0.717) is 0 Å². The molecule has 3 nitrogen and oxygen atoms in total. The lowest BCUT2D eigenvalue weighted by atomic mass is 9.96. The van der Waals surface area contributed by atoms with Gasteiger partial charge in [0, 0.05) is 18.6 Å². The van der Waals surface area contributed by atoms with Crippen molar-refractivity contribution < 1.29 is 0 Å². The normalized spacial score (nSPS) is 20.4. The highest BCUT2D eigenvalue weighted by Crippen LogP contribution is 2.24. The van der Waals surface area contributed by atoms with Gasteiger partial charge in [-0.15, -0.1) is 0 Å². The predicted octanol–water partition coefficient (Wildman–Crippen LogP) is 3.92. The van der Waals surface area contributed by atoms with Crippen LogP contribution in [-0.2, 0) is 0 Å². The van der Waals surface area contributed by atoms with E-state index < -0.39 is 0 Å². The van der Waals surface area contributed by atoms with E-state index in [4.69, 9.17) is 4.98 Å². The minimum absolute atomic E-state index is 0.0550. The minimum atomic E-state index is 0.0550. The lowest BCUT2D eigenvalue weighted by Crippen LogP contribution is -2.36. The Morgan fingerprint density at radius 2 is 2.16 bits per heavy atom. The maximum Gasteiger partial charge on any atom is 0.130 e. The van der Waals surface area contributed by atoms with Gasteiger partial charge in [0.1, 0.15) is 11.6 Å². The largest absolute Gasteiger partial charge is 0.365 e. The molecule has 1 aromatic heterocycles. The third kappa shape index (κ3) is 4.12. The average molecular weight is 261 g/mol. The van der Waals surface area contributed by atoms with Gasteiger partial charge in [-0.1, -0.05) is 19.4 Å². The van der Waals surface area contributed by atoms with Crippen LogP contribution in [0.4, 0.5) is 11.6 Å². The molecule has 1 atom stereocenters. The number of rotatable bonds is 3. The maximum atomic E-state index is 4.77. The van der Waals surface area contributed by atoms with Crippen LogP contribution in [0.5, 0.6) is 0 Å². The Labute approximate surface area is 117 Å². The Balaban J connectivity index is 2.09. The fraction of sp³-hybridized carbons (Fsp3) is 0.688. The molecule has 0 radical (unpaired) electrons. The summed E-state index contributed by atoms with van der Waals surface area (Å²) < 4.78 is 0. The average Bonchev–Trinajstić information content (AvgIpc) is 2.37. The van der Waals surface area contributed by atoms with Gasteiger partial charge in [-0.3, -0.25) is 0 Å². The number of nitrogens with zero attached hydrogens (tertiary/aromatic N) is 2. The number of hydrogen-bond acceptors (Lipinski definition) is 3. The number of anilines is 2.